The van der Waals surface area contributed by atoms with Crippen LogP contribution in [0, 0.1) is 0 Å². The molecule has 0 aromatic carbocycles. The Balaban J connectivity index is 2.25. The summed E-state index contributed by atoms with van der Waals surface area (Å²) >= 11 is 0. The smallest absolute Gasteiger partial charge is 0.259 e. The first kappa shape index (κ1) is 12.8. The molecule has 1 aromatic heterocycles. The molecule has 0 radical (unpaired) electrons. The summed E-state index contributed by atoms with van der Waals surface area (Å²) in [6.07, 6.45) is 0.597. The third-order valence-electron chi connectivity index (χ3n) is 3.03. The number of carbonyl (C=O) groups excluding carboxylic acids is 1. The van der Waals surface area contributed by atoms with Gasteiger partial charge >= 0.3 is 0 Å². The van der Waals surface area contributed by atoms with Gasteiger partial charge in [0.05, 0.1) is 26.3 Å². The minimum atomic E-state index is -1.09. The third-order valence-corrected chi connectivity index (χ3v) is 3.03. The molecule has 1 saturated heterocycles. The van der Waals surface area contributed by atoms with Gasteiger partial charge in [0.2, 0.25) is 5.88 Å². The van der Waals surface area contributed by atoms with Crippen LogP contribution in [0.3, 0.4) is 0 Å². The lowest BCUT2D eigenvalue weighted by Gasteiger charge is -2.23. The van der Waals surface area contributed by atoms with Crippen molar-refractivity contribution in [2.75, 3.05) is 20.3 Å². The molecule has 2 heterocycles. The summed E-state index contributed by atoms with van der Waals surface area (Å²) in [5.74, 6) is -0.152. The topological polar surface area (TPSA) is 62.7 Å². The van der Waals surface area contributed by atoms with E-state index in [2.05, 4.69) is 4.98 Å². The molecule has 1 N–H and O–H groups in total. The van der Waals surface area contributed by atoms with E-state index >= 15 is 0 Å². The van der Waals surface area contributed by atoms with Crippen LogP contribution in [-0.4, -0.2) is 53.4 Å². The van der Waals surface area contributed by atoms with Crippen molar-refractivity contribution in [3.8, 4) is 5.88 Å². The molecule has 5 nitrogen and oxygen atoms in total. The summed E-state index contributed by atoms with van der Waals surface area (Å²) < 4.78 is 18.3. The number of hydrogen-bond acceptors (Lipinski definition) is 4. The Morgan fingerprint density at radius 3 is 3.17 bits per heavy atom. The van der Waals surface area contributed by atoms with E-state index in [4.69, 9.17) is 9.84 Å². The van der Waals surface area contributed by atoms with E-state index in [9.17, 15) is 9.18 Å². The van der Waals surface area contributed by atoms with Crippen LogP contribution in [0.5, 0.6) is 5.88 Å². The normalized spacial score (nSPS) is 23.2. The number of likely N-dealkylation sites (tertiary alicyclic amines) is 1. The predicted molar refractivity (Wildman–Crippen MR) is 62.2 cm³/mol. The molecule has 6 heteroatoms. The zero-order chi connectivity index (χ0) is 13.1. The lowest BCUT2D eigenvalue weighted by molar-refractivity contribution is 0.0668. The van der Waals surface area contributed by atoms with E-state index in [0.717, 1.165) is 0 Å². The fraction of sp³-hybridized carbons (Fsp3) is 0.500. The number of methoxy groups -OCH3 is 1. The zero-order valence-electron chi connectivity index (χ0n) is 10.0. The second-order valence-corrected chi connectivity index (χ2v) is 4.19. The van der Waals surface area contributed by atoms with Gasteiger partial charge in [-0.05, 0) is 12.1 Å². The van der Waals surface area contributed by atoms with E-state index in [1.54, 1.807) is 12.1 Å². The molecule has 0 aliphatic carbocycles. The number of alkyl halides is 1. The molecule has 0 unspecified atom stereocenters. The summed E-state index contributed by atoms with van der Waals surface area (Å²) in [5.41, 5.74) is 0.285. The number of rotatable bonds is 3. The molecule has 1 aliphatic heterocycles. The molecule has 0 saturated carbocycles. The Morgan fingerprint density at radius 1 is 1.72 bits per heavy atom. The van der Waals surface area contributed by atoms with Crippen LogP contribution < -0.4 is 4.74 Å². The molecule has 0 spiro atoms. The van der Waals surface area contributed by atoms with Gasteiger partial charge in [-0.2, -0.15) is 0 Å². The van der Waals surface area contributed by atoms with Crippen molar-refractivity contribution in [1.82, 2.24) is 9.88 Å². The molecule has 0 bridgehead atoms. The first-order valence-electron chi connectivity index (χ1n) is 5.72. The summed E-state index contributed by atoms with van der Waals surface area (Å²) in [4.78, 5) is 17.5. The molecule has 2 rings (SSSR count). The number of aromatic nitrogens is 1. The average Bonchev–Trinajstić information content (AvgIpc) is 2.79. The number of nitrogens with zero attached hydrogens (tertiary/aromatic N) is 2. The van der Waals surface area contributed by atoms with Crippen molar-refractivity contribution in [3.05, 3.63) is 23.9 Å². The van der Waals surface area contributed by atoms with Crippen molar-refractivity contribution < 1.29 is 19.0 Å². The van der Waals surface area contributed by atoms with Gasteiger partial charge in [-0.25, -0.2) is 9.37 Å². The quantitative estimate of drug-likeness (QED) is 0.859. The van der Waals surface area contributed by atoms with Crippen LogP contribution in [0.2, 0.25) is 0 Å². The second-order valence-electron chi connectivity index (χ2n) is 4.19. The van der Waals surface area contributed by atoms with Crippen LogP contribution in [-0.2, 0) is 0 Å². The summed E-state index contributed by atoms with van der Waals surface area (Å²) in [6, 6.07) is 2.72. The predicted octanol–water partition coefficient (Wildman–Crippen LogP) is 0.635. The average molecular weight is 254 g/mol. The summed E-state index contributed by atoms with van der Waals surface area (Å²) in [7, 11) is 1.42. The molecule has 18 heavy (non-hydrogen) atoms. The zero-order valence-corrected chi connectivity index (χ0v) is 10.0. The summed E-state index contributed by atoms with van der Waals surface area (Å²) in [5, 5.41) is 9.17. The Kier molecular flexibility index (Phi) is 3.76. The van der Waals surface area contributed by atoms with E-state index < -0.39 is 12.2 Å². The highest BCUT2D eigenvalue weighted by Gasteiger charge is 2.36. The number of aliphatic hydroxyl groups excluding tert-OH is 1. The molecule has 98 valence electrons. The summed E-state index contributed by atoms with van der Waals surface area (Å²) in [6.45, 7) is -0.239. The van der Waals surface area contributed by atoms with Gasteiger partial charge in [0.25, 0.3) is 5.91 Å². The first-order valence-corrected chi connectivity index (χ1v) is 5.72. The Bertz CT molecular complexity index is 441. The fourth-order valence-electron chi connectivity index (χ4n) is 2.15. The van der Waals surface area contributed by atoms with E-state index in [1.165, 1.54) is 18.2 Å². The van der Waals surface area contributed by atoms with Crippen LogP contribution in [0.25, 0.3) is 0 Å². The van der Waals surface area contributed by atoms with Crippen LogP contribution in [0.4, 0.5) is 4.39 Å². The standard InChI is InChI=1S/C12H15FN2O3/c1-18-11-10(3-2-4-14-11)12(17)15-6-8(13)5-9(15)7-16/h2-4,8-9,16H,5-7H2,1H3/t8-,9-/m0/s1. The SMILES string of the molecule is COc1ncccc1C(=O)N1C[C@@H](F)C[C@H]1CO. The van der Waals surface area contributed by atoms with E-state index in [-0.39, 0.29) is 36.9 Å². The monoisotopic (exact) mass is 254 g/mol. The fourth-order valence-corrected chi connectivity index (χ4v) is 2.15. The molecule has 1 aliphatic rings. The molecular formula is C12H15FN2O3. The van der Waals surface area contributed by atoms with Gasteiger partial charge in [-0.1, -0.05) is 0 Å². The van der Waals surface area contributed by atoms with Gasteiger partial charge in [0.15, 0.2) is 0 Å². The minimum absolute atomic E-state index is 0.00209. The first-order chi connectivity index (χ1) is 8.67. The second kappa shape index (κ2) is 5.30. The highest BCUT2D eigenvalue weighted by Crippen LogP contribution is 2.25. The number of amides is 1. The van der Waals surface area contributed by atoms with Crippen LogP contribution in [0.15, 0.2) is 18.3 Å². The number of aliphatic hydroxyl groups is 1. The molecule has 1 aromatic rings. The van der Waals surface area contributed by atoms with Gasteiger partial charge in [0, 0.05) is 12.6 Å². The Morgan fingerprint density at radius 2 is 2.50 bits per heavy atom. The third kappa shape index (κ3) is 2.28. The van der Waals surface area contributed by atoms with Crippen molar-refractivity contribution >= 4 is 5.91 Å². The van der Waals surface area contributed by atoms with Crippen molar-refractivity contribution in [2.45, 2.75) is 18.6 Å². The lowest BCUT2D eigenvalue weighted by atomic mass is 10.2. The highest BCUT2D eigenvalue weighted by molar-refractivity contribution is 5.96. The molecule has 2 atom stereocenters. The molecular weight excluding hydrogens is 239 g/mol. The minimum Gasteiger partial charge on any atom is -0.480 e. The highest BCUT2D eigenvalue weighted by atomic mass is 19.1. The van der Waals surface area contributed by atoms with E-state index in [0.29, 0.717) is 0 Å². The van der Waals surface area contributed by atoms with Crippen molar-refractivity contribution in [3.63, 3.8) is 0 Å². The molecule has 1 amide bonds. The van der Waals surface area contributed by atoms with Gasteiger partial charge in [-0.3, -0.25) is 4.79 Å². The maximum absolute atomic E-state index is 13.3. The van der Waals surface area contributed by atoms with Crippen LogP contribution in [0.1, 0.15) is 16.8 Å². The number of ether oxygens (including phenoxy) is 1. The maximum Gasteiger partial charge on any atom is 0.259 e. The van der Waals surface area contributed by atoms with Gasteiger partial charge in [0.1, 0.15) is 11.7 Å². The van der Waals surface area contributed by atoms with Gasteiger partial charge < -0.3 is 14.7 Å². The largest absolute Gasteiger partial charge is 0.480 e. The van der Waals surface area contributed by atoms with Crippen LogP contribution >= 0.6 is 0 Å². The molecule has 1 fully saturated rings. The lowest BCUT2D eigenvalue weighted by Crippen LogP contribution is -2.38. The Hall–Kier alpha value is -1.69. The van der Waals surface area contributed by atoms with Crippen molar-refractivity contribution in [2.24, 2.45) is 0 Å². The number of carbonyl (C=O) groups is 1. The van der Waals surface area contributed by atoms with Gasteiger partial charge in [-0.15, -0.1) is 0 Å². The number of pyridine rings is 1. The number of hydrogen-bond donors (Lipinski definition) is 1. The Labute approximate surface area is 104 Å². The van der Waals surface area contributed by atoms with E-state index in [1.807, 2.05) is 0 Å². The number of halogens is 1. The van der Waals surface area contributed by atoms with Crippen molar-refractivity contribution in [1.29, 1.82) is 0 Å². The maximum atomic E-state index is 13.3.